The number of pyridine rings is 1. The molecular formula is C10H5F4NO2. The Labute approximate surface area is 91.9 Å². The molecule has 0 fully saturated rings. The van der Waals surface area contributed by atoms with Gasteiger partial charge in [-0.25, -0.2) is 9.18 Å². The van der Waals surface area contributed by atoms with Gasteiger partial charge in [0, 0.05) is 6.20 Å². The normalized spacial score (nSPS) is 12.0. The van der Waals surface area contributed by atoms with Gasteiger partial charge in [-0.1, -0.05) is 6.07 Å². The molecule has 90 valence electrons. The van der Waals surface area contributed by atoms with Crippen LogP contribution in [0.1, 0.15) is 16.1 Å². The third kappa shape index (κ3) is 1.63. The quantitative estimate of drug-likeness (QED) is 0.787. The summed E-state index contributed by atoms with van der Waals surface area (Å²) in [6.07, 6.45) is -3.87. The van der Waals surface area contributed by atoms with E-state index in [0.717, 1.165) is 12.3 Å². The number of nitrogens with zero attached hydrogens (tertiary/aromatic N) is 1. The maximum Gasteiger partial charge on any atom is 0.421 e. The fourth-order valence-electron chi connectivity index (χ4n) is 1.65. The Morgan fingerprint density at radius 1 is 1.29 bits per heavy atom. The molecule has 1 N–H and O–H groups in total. The second kappa shape index (κ2) is 3.47. The van der Waals surface area contributed by atoms with Crippen molar-refractivity contribution in [3.05, 3.63) is 41.5 Å². The lowest BCUT2D eigenvalue weighted by molar-refractivity contribution is -0.138. The van der Waals surface area contributed by atoms with Crippen molar-refractivity contribution < 1.29 is 27.5 Å². The number of carboxylic acid groups (broad SMARTS) is 1. The molecule has 2 rings (SSSR count). The molecular weight excluding hydrogens is 242 g/mol. The zero-order valence-corrected chi connectivity index (χ0v) is 8.12. The number of halogens is 4. The van der Waals surface area contributed by atoms with E-state index < -0.39 is 34.7 Å². The molecule has 3 nitrogen and oxygen atoms in total. The van der Waals surface area contributed by atoms with Gasteiger partial charge in [0.2, 0.25) is 0 Å². The molecule has 0 saturated carbocycles. The van der Waals surface area contributed by atoms with E-state index in [0.29, 0.717) is 4.40 Å². The Bertz CT molecular complexity index is 600. The Morgan fingerprint density at radius 2 is 1.94 bits per heavy atom. The molecule has 0 aliphatic rings. The highest BCUT2D eigenvalue weighted by Gasteiger charge is 2.40. The molecule has 0 radical (unpaired) electrons. The Morgan fingerprint density at radius 3 is 2.47 bits per heavy atom. The van der Waals surface area contributed by atoms with Crippen molar-refractivity contribution in [1.82, 2.24) is 4.40 Å². The van der Waals surface area contributed by atoms with E-state index in [9.17, 15) is 22.4 Å². The van der Waals surface area contributed by atoms with Crippen LogP contribution in [0.15, 0.2) is 24.4 Å². The van der Waals surface area contributed by atoms with E-state index in [1.165, 1.54) is 12.1 Å². The zero-order valence-electron chi connectivity index (χ0n) is 8.12. The van der Waals surface area contributed by atoms with Gasteiger partial charge in [0.15, 0.2) is 11.5 Å². The van der Waals surface area contributed by atoms with Gasteiger partial charge in [-0.2, -0.15) is 13.2 Å². The van der Waals surface area contributed by atoms with Crippen molar-refractivity contribution >= 4 is 11.5 Å². The van der Waals surface area contributed by atoms with E-state index in [4.69, 9.17) is 5.11 Å². The van der Waals surface area contributed by atoms with E-state index in [-0.39, 0.29) is 0 Å². The Kier molecular flexibility index (Phi) is 2.34. The number of carbonyl (C=O) groups is 1. The largest absolute Gasteiger partial charge is 0.476 e. The van der Waals surface area contributed by atoms with Crippen LogP contribution in [0.5, 0.6) is 0 Å². The van der Waals surface area contributed by atoms with Gasteiger partial charge in [-0.15, -0.1) is 0 Å². The van der Waals surface area contributed by atoms with Crippen molar-refractivity contribution in [2.45, 2.75) is 6.18 Å². The topological polar surface area (TPSA) is 41.7 Å². The number of aromatic carboxylic acids is 1. The van der Waals surface area contributed by atoms with Gasteiger partial charge in [-0.05, 0) is 12.1 Å². The number of fused-ring (bicyclic) bond motifs is 1. The van der Waals surface area contributed by atoms with Crippen LogP contribution in [0.25, 0.3) is 5.52 Å². The maximum atomic E-state index is 13.5. The number of carboxylic acids is 1. The third-order valence-electron chi connectivity index (χ3n) is 2.27. The van der Waals surface area contributed by atoms with E-state index in [1.807, 2.05) is 0 Å². The SMILES string of the molecule is O=C(O)c1c(F)c(C(F)(F)F)c2ccccn12. The fourth-order valence-corrected chi connectivity index (χ4v) is 1.65. The minimum atomic E-state index is -4.94. The van der Waals surface area contributed by atoms with E-state index >= 15 is 0 Å². The summed E-state index contributed by atoms with van der Waals surface area (Å²) in [5.74, 6) is -3.52. The van der Waals surface area contributed by atoms with Gasteiger partial charge in [0.1, 0.15) is 5.56 Å². The first-order valence-corrected chi connectivity index (χ1v) is 4.43. The first kappa shape index (κ1) is 11.4. The number of alkyl halides is 3. The Hall–Kier alpha value is -2.05. The molecule has 0 atom stereocenters. The second-order valence-electron chi connectivity index (χ2n) is 3.30. The minimum absolute atomic E-state index is 0.519. The van der Waals surface area contributed by atoms with Crippen LogP contribution in [-0.4, -0.2) is 15.5 Å². The van der Waals surface area contributed by atoms with Crippen LogP contribution < -0.4 is 0 Å². The summed E-state index contributed by atoms with van der Waals surface area (Å²) in [6, 6.07) is 3.60. The first-order valence-electron chi connectivity index (χ1n) is 4.43. The number of hydrogen-bond acceptors (Lipinski definition) is 1. The van der Waals surface area contributed by atoms with Crippen LogP contribution in [0.2, 0.25) is 0 Å². The lowest BCUT2D eigenvalue weighted by atomic mass is 10.2. The summed E-state index contributed by atoms with van der Waals surface area (Å²) in [5, 5.41) is 8.71. The number of hydrogen-bond donors (Lipinski definition) is 1. The standard InChI is InChI=1S/C10H5F4NO2/c11-7-6(10(12,13)14)5-3-1-2-4-15(5)8(7)9(16)17/h1-4H,(H,16,17). The lowest BCUT2D eigenvalue weighted by Crippen LogP contribution is -2.08. The van der Waals surface area contributed by atoms with E-state index in [1.54, 1.807) is 0 Å². The summed E-state index contributed by atoms with van der Waals surface area (Å²) in [4.78, 5) is 10.7. The van der Waals surface area contributed by atoms with Gasteiger partial charge in [0.25, 0.3) is 0 Å². The lowest BCUT2D eigenvalue weighted by Gasteiger charge is -2.04. The molecule has 17 heavy (non-hydrogen) atoms. The summed E-state index contributed by atoms with van der Waals surface area (Å²) in [7, 11) is 0. The molecule has 0 amide bonds. The number of aromatic nitrogens is 1. The van der Waals surface area contributed by atoms with Crippen LogP contribution in [0, 0.1) is 5.82 Å². The average molecular weight is 247 g/mol. The monoisotopic (exact) mass is 247 g/mol. The highest BCUT2D eigenvalue weighted by Crippen LogP contribution is 2.37. The summed E-state index contributed by atoms with van der Waals surface area (Å²) < 4.78 is 52.0. The molecule has 2 aromatic rings. The molecule has 0 bridgehead atoms. The summed E-state index contributed by atoms with van der Waals surface area (Å²) in [6.45, 7) is 0. The second-order valence-corrected chi connectivity index (χ2v) is 3.30. The van der Waals surface area contributed by atoms with Crippen LogP contribution in [-0.2, 0) is 6.18 Å². The molecule has 0 aliphatic carbocycles. The van der Waals surface area contributed by atoms with Crippen molar-refractivity contribution in [1.29, 1.82) is 0 Å². The van der Waals surface area contributed by atoms with Crippen LogP contribution >= 0.6 is 0 Å². The minimum Gasteiger partial charge on any atom is -0.476 e. The molecule has 0 aromatic carbocycles. The molecule has 0 unspecified atom stereocenters. The van der Waals surface area contributed by atoms with Crippen LogP contribution in [0.4, 0.5) is 17.6 Å². The summed E-state index contributed by atoms with van der Waals surface area (Å²) >= 11 is 0. The van der Waals surface area contributed by atoms with Gasteiger partial charge in [0.05, 0.1) is 5.52 Å². The van der Waals surface area contributed by atoms with Crippen molar-refractivity contribution in [3.63, 3.8) is 0 Å². The summed E-state index contributed by atoms with van der Waals surface area (Å²) in [5.41, 5.74) is -3.10. The van der Waals surface area contributed by atoms with Gasteiger partial charge >= 0.3 is 12.1 Å². The first-order chi connectivity index (χ1) is 7.84. The van der Waals surface area contributed by atoms with Gasteiger partial charge < -0.3 is 9.51 Å². The predicted molar refractivity (Wildman–Crippen MR) is 49.3 cm³/mol. The molecule has 0 aliphatic heterocycles. The zero-order chi connectivity index (χ0) is 12.8. The van der Waals surface area contributed by atoms with Crippen molar-refractivity contribution in [2.24, 2.45) is 0 Å². The van der Waals surface area contributed by atoms with Crippen molar-refractivity contribution in [3.8, 4) is 0 Å². The maximum absolute atomic E-state index is 13.5. The molecule has 7 heteroatoms. The average Bonchev–Trinajstić information content (AvgIpc) is 2.48. The highest BCUT2D eigenvalue weighted by molar-refractivity contribution is 5.89. The number of rotatable bonds is 1. The molecule has 2 aromatic heterocycles. The van der Waals surface area contributed by atoms with Crippen molar-refractivity contribution in [2.75, 3.05) is 0 Å². The molecule has 2 heterocycles. The molecule has 0 spiro atoms. The smallest absolute Gasteiger partial charge is 0.421 e. The van der Waals surface area contributed by atoms with Crippen LogP contribution in [0.3, 0.4) is 0 Å². The molecule has 0 saturated heterocycles. The third-order valence-corrected chi connectivity index (χ3v) is 2.27. The van der Waals surface area contributed by atoms with E-state index in [2.05, 4.69) is 0 Å². The van der Waals surface area contributed by atoms with Gasteiger partial charge in [-0.3, -0.25) is 0 Å². The fraction of sp³-hybridized carbons (Fsp3) is 0.100. The predicted octanol–water partition coefficient (Wildman–Crippen LogP) is 2.80. The Balaban J connectivity index is 2.95. The highest BCUT2D eigenvalue weighted by atomic mass is 19.4.